The molecule has 1 aromatic heterocycles. The highest BCUT2D eigenvalue weighted by molar-refractivity contribution is 7.99. The first kappa shape index (κ1) is 15.7. The summed E-state index contributed by atoms with van der Waals surface area (Å²) in [6.45, 7) is 3.70. The van der Waals surface area contributed by atoms with Crippen molar-refractivity contribution in [1.82, 2.24) is 4.98 Å². The molecular weight excluding hydrogens is 312 g/mol. The van der Waals surface area contributed by atoms with Gasteiger partial charge in [-0.2, -0.15) is 0 Å². The molecule has 0 fully saturated rings. The van der Waals surface area contributed by atoms with E-state index in [2.05, 4.69) is 10.3 Å². The van der Waals surface area contributed by atoms with Crippen LogP contribution in [0.25, 0.3) is 0 Å². The van der Waals surface area contributed by atoms with E-state index in [9.17, 15) is 4.79 Å². The van der Waals surface area contributed by atoms with Gasteiger partial charge in [0, 0.05) is 5.02 Å². The molecule has 1 aromatic carbocycles. The van der Waals surface area contributed by atoms with Crippen molar-refractivity contribution >= 4 is 35.0 Å². The first-order chi connectivity index (χ1) is 9.99. The summed E-state index contributed by atoms with van der Waals surface area (Å²) in [5, 5.41) is 3.77. The van der Waals surface area contributed by atoms with Gasteiger partial charge in [0.05, 0.1) is 24.2 Å². The van der Waals surface area contributed by atoms with Crippen LogP contribution >= 0.6 is 23.4 Å². The molecule has 21 heavy (non-hydrogen) atoms. The van der Waals surface area contributed by atoms with Gasteiger partial charge in [-0.3, -0.25) is 4.79 Å². The summed E-state index contributed by atoms with van der Waals surface area (Å²) in [5.41, 5.74) is 1.37. The van der Waals surface area contributed by atoms with E-state index in [-0.39, 0.29) is 11.7 Å². The van der Waals surface area contributed by atoms with Crippen LogP contribution in [0.2, 0.25) is 5.02 Å². The Morgan fingerprint density at radius 3 is 2.86 bits per heavy atom. The zero-order valence-electron chi connectivity index (χ0n) is 11.9. The molecular formula is C14H15ClN2O3S. The highest BCUT2D eigenvalue weighted by Gasteiger charge is 2.12. The Labute approximate surface area is 132 Å². The molecule has 0 unspecified atom stereocenters. The summed E-state index contributed by atoms with van der Waals surface area (Å²) in [6, 6.07) is 5.04. The van der Waals surface area contributed by atoms with E-state index in [1.165, 1.54) is 18.9 Å². The fourth-order valence-corrected chi connectivity index (χ4v) is 2.48. The predicted octanol–water partition coefficient (Wildman–Crippen LogP) is 3.68. The molecule has 1 N–H and O–H groups in total. The Balaban J connectivity index is 1.97. The van der Waals surface area contributed by atoms with Gasteiger partial charge in [0.25, 0.3) is 5.22 Å². The lowest BCUT2D eigenvalue weighted by atomic mass is 10.3. The van der Waals surface area contributed by atoms with Gasteiger partial charge in [0.1, 0.15) is 11.5 Å². The fourth-order valence-electron chi connectivity index (χ4n) is 1.60. The van der Waals surface area contributed by atoms with Crippen molar-refractivity contribution in [2.24, 2.45) is 0 Å². The quantitative estimate of drug-likeness (QED) is 0.849. The second kappa shape index (κ2) is 6.87. The van der Waals surface area contributed by atoms with E-state index in [1.54, 1.807) is 18.2 Å². The van der Waals surface area contributed by atoms with Gasteiger partial charge in [-0.1, -0.05) is 23.4 Å². The lowest BCUT2D eigenvalue weighted by molar-refractivity contribution is -0.113. The number of thioether (sulfide) groups is 1. The van der Waals surface area contributed by atoms with E-state index in [0.717, 1.165) is 11.5 Å². The Hall–Kier alpha value is -1.66. The minimum atomic E-state index is -0.186. The minimum absolute atomic E-state index is 0.186. The second-order valence-electron chi connectivity index (χ2n) is 4.30. The van der Waals surface area contributed by atoms with Crippen LogP contribution in [-0.2, 0) is 4.79 Å². The van der Waals surface area contributed by atoms with E-state index in [4.69, 9.17) is 20.8 Å². The van der Waals surface area contributed by atoms with Gasteiger partial charge >= 0.3 is 0 Å². The van der Waals surface area contributed by atoms with Crippen LogP contribution in [-0.4, -0.2) is 23.8 Å². The van der Waals surface area contributed by atoms with Crippen molar-refractivity contribution in [2.75, 3.05) is 18.2 Å². The number of hydrogen-bond acceptors (Lipinski definition) is 5. The summed E-state index contributed by atoms with van der Waals surface area (Å²) in [4.78, 5) is 16.2. The third-order valence-electron chi connectivity index (χ3n) is 2.77. The number of methoxy groups -OCH3 is 1. The zero-order chi connectivity index (χ0) is 15.4. The average molecular weight is 327 g/mol. The van der Waals surface area contributed by atoms with Crippen LogP contribution in [0, 0.1) is 13.8 Å². The summed E-state index contributed by atoms with van der Waals surface area (Å²) >= 11 is 7.15. The van der Waals surface area contributed by atoms with Crippen LogP contribution in [0.4, 0.5) is 5.69 Å². The first-order valence-corrected chi connectivity index (χ1v) is 7.56. The maximum atomic E-state index is 12.0. The molecule has 0 aliphatic heterocycles. The number of ether oxygens (including phenoxy) is 1. The molecule has 7 heteroatoms. The number of nitrogens with zero attached hydrogens (tertiary/aromatic N) is 1. The molecule has 2 rings (SSSR count). The number of halogens is 1. The van der Waals surface area contributed by atoms with Crippen LogP contribution in [0.15, 0.2) is 27.8 Å². The monoisotopic (exact) mass is 326 g/mol. The molecule has 0 bridgehead atoms. The van der Waals surface area contributed by atoms with Crippen molar-refractivity contribution < 1.29 is 13.9 Å². The van der Waals surface area contributed by atoms with Gasteiger partial charge in [-0.15, -0.1) is 0 Å². The van der Waals surface area contributed by atoms with Crippen molar-refractivity contribution in [1.29, 1.82) is 0 Å². The number of oxazole rings is 1. The molecule has 5 nitrogen and oxygen atoms in total. The lowest BCUT2D eigenvalue weighted by Crippen LogP contribution is -2.14. The number of nitrogens with one attached hydrogen (secondary N) is 1. The number of benzene rings is 1. The number of amides is 1. The van der Waals surface area contributed by atoms with Gasteiger partial charge < -0.3 is 14.5 Å². The van der Waals surface area contributed by atoms with Crippen molar-refractivity contribution in [3.63, 3.8) is 0 Å². The van der Waals surface area contributed by atoms with E-state index in [1.807, 2.05) is 13.8 Å². The molecule has 0 saturated carbocycles. The number of aryl methyl sites for hydroxylation is 2. The van der Waals surface area contributed by atoms with Gasteiger partial charge in [-0.05, 0) is 32.0 Å². The maximum Gasteiger partial charge on any atom is 0.256 e. The van der Waals surface area contributed by atoms with E-state index >= 15 is 0 Å². The molecule has 112 valence electrons. The third kappa shape index (κ3) is 4.15. The van der Waals surface area contributed by atoms with Crippen molar-refractivity contribution in [2.45, 2.75) is 19.1 Å². The first-order valence-electron chi connectivity index (χ1n) is 6.20. The van der Waals surface area contributed by atoms with Crippen molar-refractivity contribution in [3.05, 3.63) is 34.7 Å². The minimum Gasteiger partial charge on any atom is -0.495 e. The number of carbonyl (C=O) groups is 1. The lowest BCUT2D eigenvalue weighted by Gasteiger charge is -2.09. The normalized spacial score (nSPS) is 10.5. The number of rotatable bonds is 5. The molecule has 0 radical (unpaired) electrons. The highest BCUT2D eigenvalue weighted by Crippen LogP contribution is 2.28. The standard InChI is InChI=1S/C14H15ClN2O3S/c1-8-9(2)20-14(16-8)21-7-13(18)17-11-6-10(15)4-5-12(11)19-3/h4-6H,7H2,1-3H3,(H,17,18). The van der Waals surface area contributed by atoms with Gasteiger partial charge in [0.15, 0.2) is 0 Å². The Morgan fingerprint density at radius 1 is 1.48 bits per heavy atom. The molecule has 0 aliphatic carbocycles. The molecule has 0 atom stereocenters. The number of carbonyl (C=O) groups excluding carboxylic acids is 1. The summed E-state index contributed by atoms with van der Waals surface area (Å²) in [5.74, 6) is 1.32. The van der Waals surface area contributed by atoms with E-state index in [0.29, 0.717) is 21.7 Å². The molecule has 0 saturated heterocycles. The van der Waals surface area contributed by atoms with Gasteiger partial charge in [-0.25, -0.2) is 4.98 Å². The summed E-state index contributed by atoms with van der Waals surface area (Å²) in [7, 11) is 1.53. The SMILES string of the molecule is COc1ccc(Cl)cc1NC(=O)CSc1nc(C)c(C)o1. The average Bonchev–Trinajstić information content (AvgIpc) is 2.76. The highest BCUT2D eigenvalue weighted by atomic mass is 35.5. The summed E-state index contributed by atoms with van der Waals surface area (Å²) in [6.07, 6.45) is 0. The second-order valence-corrected chi connectivity index (χ2v) is 5.67. The van der Waals surface area contributed by atoms with E-state index < -0.39 is 0 Å². The van der Waals surface area contributed by atoms with Crippen LogP contribution in [0.3, 0.4) is 0 Å². The number of aromatic nitrogens is 1. The zero-order valence-corrected chi connectivity index (χ0v) is 13.5. The van der Waals surface area contributed by atoms with Gasteiger partial charge in [0.2, 0.25) is 5.91 Å². The Morgan fingerprint density at radius 2 is 2.24 bits per heavy atom. The number of hydrogen-bond donors (Lipinski definition) is 1. The third-order valence-corrected chi connectivity index (χ3v) is 3.83. The molecule has 1 heterocycles. The van der Waals surface area contributed by atoms with Crippen LogP contribution < -0.4 is 10.1 Å². The molecule has 0 aliphatic rings. The summed E-state index contributed by atoms with van der Waals surface area (Å²) < 4.78 is 10.6. The Kier molecular flexibility index (Phi) is 5.14. The molecule has 1 amide bonds. The van der Waals surface area contributed by atoms with Crippen LogP contribution in [0.1, 0.15) is 11.5 Å². The predicted molar refractivity (Wildman–Crippen MR) is 83.3 cm³/mol. The fraction of sp³-hybridized carbons (Fsp3) is 0.286. The Bertz CT molecular complexity index is 638. The maximum absolute atomic E-state index is 12.0. The van der Waals surface area contributed by atoms with Crippen LogP contribution in [0.5, 0.6) is 5.75 Å². The topological polar surface area (TPSA) is 64.4 Å². The largest absolute Gasteiger partial charge is 0.495 e. The number of anilines is 1. The van der Waals surface area contributed by atoms with Crippen molar-refractivity contribution in [3.8, 4) is 5.75 Å². The molecule has 2 aromatic rings. The molecule has 0 spiro atoms. The smallest absolute Gasteiger partial charge is 0.256 e.